The van der Waals surface area contributed by atoms with Gasteiger partial charge < -0.3 is 4.74 Å². The second-order valence-electron chi connectivity index (χ2n) is 9.76. The van der Waals surface area contributed by atoms with E-state index in [-0.39, 0.29) is 41.8 Å². The average Bonchev–Trinajstić information content (AvgIpc) is 3.42. The molecule has 0 saturated carbocycles. The molecule has 0 bridgehead atoms. The van der Waals surface area contributed by atoms with Gasteiger partial charge >= 0.3 is 0 Å². The van der Waals surface area contributed by atoms with Crippen molar-refractivity contribution in [3.63, 3.8) is 0 Å². The van der Waals surface area contributed by atoms with Crippen LogP contribution in [-0.4, -0.2) is 39.8 Å². The van der Waals surface area contributed by atoms with E-state index < -0.39 is 21.5 Å². The molecule has 2 aromatic carbocycles. The molecule has 0 atom stereocenters. The van der Waals surface area contributed by atoms with Gasteiger partial charge in [0.25, 0.3) is 0 Å². The summed E-state index contributed by atoms with van der Waals surface area (Å²) in [5, 5.41) is 5.37. The Hall–Kier alpha value is -4.25. The molecule has 0 unspecified atom stereocenters. The summed E-state index contributed by atoms with van der Waals surface area (Å²) < 4.78 is 61.7. The normalized spacial score (nSPS) is 14.0. The van der Waals surface area contributed by atoms with Crippen LogP contribution in [0.1, 0.15) is 40.7 Å². The highest BCUT2D eigenvalue weighted by Gasteiger charge is 2.31. The second-order valence-corrected chi connectivity index (χ2v) is 11.8. The lowest BCUT2D eigenvalue weighted by atomic mass is 10.0. The van der Waals surface area contributed by atoms with E-state index in [1.165, 1.54) is 4.68 Å². The van der Waals surface area contributed by atoms with Crippen LogP contribution in [0.15, 0.2) is 54.7 Å². The third kappa shape index (κ3) is 4.92. The van der Waals surface area contributed by atoms with Gasteiger partial charge in [-0.15, -0.1) is 0 Å². The van der Waals surface area contributed by atoms with E-state index in [1.807, 2.05) is 37.3 Å². The van der Waals surface area contributed by atoms with Gasteiger partial charge in [-0.3, -0.25) is 9.67 Å². The molecule has 11 heteroatoms. The summed E-state index contributed by atoms with van der Waals surface area (Å²) in [6.07, 6.45) is 2.11. The Labute approximate surface area is 229 Å². The number of aryl methyl sites for hydroxylation is 1. The zero-order valence-electron chi connectivity index (χ0n) is 21.9. The van der Waals surface area contributed by atoms with E-state index in [0.29, 0.717) is 40.0 Å². The Bertz CT molecular complexity index is 1870. The molecule has 40 heavy (non-hydrogen) atoms. The monoisotopic (exact) mass is 561 g/mol. The smallest absolute Gasteiger partial charge is 0.181 e. The summed E-state index contributed by atoms with van der Waals surface area (Å²) in [5.74, 6) is -1.39. The van der Waals surface area contributed by atoms with Crippen LogP contribution in [0.3, 0.4) is 0 Å². The number of aromatic nitrogens is 5. The number of pyridine rings is 1. The molecular formula is C29H25F2N5O3S. The van der Waals surface area contributed by atoms with Crippen molar-refractivity contribution in [3.8, 4) is 17.3 Å². The standard InChI is InChI=1S/C29H25F2N5O3S/c1-3-39-19-12-23(30)21(24(31)13-19)14-36-27-7-5-4-6-20(27)28(35-36)29-33-25(11-18-8-9-32-17(2)10-18)22-15-40(37,38)16-26(22)34-29/h4-10,12-13H,3,11,14-16H2,1-2H3. The van der Waals surface area contributed by atoms with Gasteiger partial charge in [0.2, 0.25) is 0 Å². The molecule has 0 spiro atoms. The number of fused-ring (bicyclic) bond motifs is 2. The van der Waals surface area contributed by atoms with Gasteiger partial charge in [0.05, 0.1) is 41.6 Å². The van der Waals surface area contributed by atoms with Gasteiger partial charge in [-0.25, -0.2) is 27.2 Å². The molecular weight excluding hydrogens is 536 g/mol. The SMILES string of the molecule is CCOc1cc(F)c(Cn2nc(-c3nc(Cc4ccnc(C)c4)c4c(n3)CS(=O)(=O)C4)c3ccccc32)c(F)c1. The molecule has 3 aromatic heterocycles. The van der Waals surface area contributed by atoms with Crippen LogP contribution in [0.4, 0.5) is 8.78 Å². The summed E-state index contributed by atoms with van der Waals surface area (Å²) in [5.41, 5.74) is 4.34. The maximum absolute atomic E-state index is 14.9. The Balaban J connectivity index is 1.46. The van der Waals surface area contributed by atoms with Crippen LogP contribution in [0.2, 0.25) is 0 Å². The zero-order chi connectivity index (χ0) is 28.0. The zero-order valence-corrected chi connectivity index (χ0v) is 22.7. The Morgan fingerprint density at radius 1 is 1.02 bits per heavy atom. The van der Waals surface area contributed by atoms with E-state index in [2.05, 4.69) is 15.1 Å². The van der Waals surface area contributed by atoms with Crippen LogP contribution in [0.25, 0.3) is 22.4 Å². The van der Waals surface area contributed by atoms with Crippen LogP contribution in [0, 0.1) is 18.6 Å². The van der Waals surface area contributed by atoms with Crippen molar-refractivity contribution in [2.75, 3.05) is 6.61 Å². The molecule has 0 fully saturated rings. The lowest BCUT2D eigenvalue weighted by Crippen LogP contribution is -2.08. The van der Waals surface area contributed by atoms with Crippen molar-refractivity contribution in [2.24, 2.45) is 0 Å². The highest BCUT2D eigenvalue weighted by Crippen LogP contribution is 2.33. The van der Waals surface area contributed by atoms with Gasteiger partial charge in [-0.1, -0.05) is 18.2 Å². The van der Waals surface area contributed by atoms with Gasteiger partial charge in [-0.2, -0.15) is 5.10 Å². The fourth-order valence-electron chi connectivity index (χ4n) is 5.05. The number of ether oxygens (including phenoxy) is 1. The molecule has 0 saturated heterocycles. The van der Waals surface area contributed by atoms with E-state index in [0.717, 1.165) is 23.4 Å². The molecule has 1 aliphatic rings. The van der Waals surface area contributed by atoms with E-state index in [9.17, 15) is 17.2 Å². The minimum Gasteiger partial charge on any atom is -0.494 e. The molecule has 204 valence electrons. The Morgan fingerprint density at radius 2 is 1.80 bits per heavy atom. The molecule has 0 aliphatic carbocycles. The van der Waals surface area contributed by atoms with Crippen molar-refractivity contribution in [2.45, 2.75) is 38.3 Å². The predicted octanol–water partition coefficient (Wildman–Crippen LogP) is 4.94. The lowest BCUT2D eigenvalue weighted by Gasteiger charge is -2.10. The molecule has 8 nitrogen and oxygen atoms in total. The first-order chi connectivity index (χ1) is 19.2. The number of hydrogen-bond acceptors (Lipinski definition) is 7. The molecule has 0 N–H and O–H groups in total. The van der Waals surface area contributed by atoms with E-state index in [1.54, 1.807) is 19.2 Å². The van der Waals surface area contributed by atoms with Crippen molar-refractivity contribution in [3.05, 3.63) is 100 Å². The third-order valence-electron chi connectivity index (χ3n) is 6.84. The minimum absolute atomic E-state index is 0.116. The third-order valence-corrected chi connectivity index (χ3v) is 8.28. The Morgan fingerprint density at radius 3 is 2.55 bits per heavy atom. The van der Waals surface area contributed by atoms with E-state index >= 15 is 0 Å². The largest absolute Gasteiger partial charge is 0.494 e. The fourth-order valence-corrected chi connectivity index (χ4v) is 6.58. The van der Waals surface area contributed by atoms with Crippen LogP contribution in [-0.2, 0) is 34.3 Å². The molecule has 6 rings (SSSR count). The molecule has 0 amide bonds. The van der Waals surface area contributed by atoms with Gasteiger partial charge in [0.1, 0.15) is 23.1 Å². The lowest BCUT2D eigenvalue weighted by molar-refractivity contribution is 0.335. The topological polar surface area (TPSA) is 99.9 Å². The maximum Gasteiger partial charge on any atom is 0.181 e. The summed E-state index contributed by atoms with van der Waals surface area (Å²) in [7, 11) is -3.36. The second kappa shape index (κ2) is 10.1. The van der Waals surface area contributed by atoms with Gasteiger partial charge in [-0.05, 0) is 37.6 Å². The van der Waals surface area contributed by atoms with Crippen LogP contribution in [0.5, 0.6) is 5.75 Å². The molecule has 5 aromatic rings. The van der Waals surface area contributed by atoms with Gasteiger partial charge in [0.15, 0.2) is 15.7 Å². The molecule has 4 heterocycles. The number of hydrogen-bond donors (Lipinski definition) is 0. The predicted molar refractivity (Wildman–Crippen MR) is 145 cm³/mol. The number of sulfone groups is 1. The van der Waals surface area contributed by atoms with Crippen LogP contribution < -0.4 is 4.74 Å². The van der Waals surface area contributed by atoms with Gasteiger partial charge in [0, 0.05) is 47.0 Å². The number of rotatable bonds is 7. The summed E-state index contributed by atoms with van der Waals surface area (Å²) in [4.78, 5) is 13.7. The maximum atomic E-state index is 14.9. The fraction of sp³-hybridized carbons (Fsp3) is 0.241. The van der Waals surface area contributed by atoms with Crippen molar-refractivity contribution in [1.29, 1.82) is 0 Å². The Kier molecular flexibility index (Phi) is 6.53. The summed E-state index contributed by atoms with van der Waals surface area (Å²) in [6, 6.07) is 13.4. The first kappa shape index (κ1) is 26.0. The number of benzene rings is 2. The summed E-state index contributed by atoms with van der Waals surface area (Å²) >= 11 is 0. The summed E-state index contributed by atoms with van der Waals surface area (Å²) in [6.45, 7) is 3.74. The molecule has 0 radical (unpaired) electrons. The quantitative estimate of drug-likeness (QED) is 0.278. The van der Waals surface area contributed by atoms with Crippen LogP contribution >= 0.6 is 0 Å². The number of halogens is 2. The van der Waals surface area contributed by atoms with E-state index in [4.69, 9.17) is 9.72 Å². The first-order valence-corrected chi connectivity index (χ1v) is 14.6. The highest BCUT2D eigenvalue weighted by molar-refractivity contribution is 7.90. The number of nitrogens with zero attached hydrogens (tertiary/aromatic N) is 5. The van der Waals surface area contributed by atoms with Crippen molar-refractivity contribution >= 4 is 20.7 Å². The first-order valence-electron chi connectivity index (χ1n) is 12.8. The van der Waals surface area contributed by atoms with Crippen molar-refractivity contribution < 1.29 is 21.9 Å². The highest BCUT2D eigenvalue weighted by atomic mass is 32.2. The minimum atomic E-state index is -3.36. The number of para-hydroxylation sites is 1. The molecule has 1 aliphatic heterocycles. The average molecular weight is 562 g/mol. The van der Waals surface area contributed by atoms with Crippen molar-refractivity contribution in [1.82, 2.24) is 24.7 Å².